The standard InChI is InChI=1S/C11H19N3O3S/c1-8-10(18-7-14-8)2-3-17-6-9(15)4-13-5-11(12)16/h7,9,13,15H,2-6H2,1H3,(H2,12,16). The summed E-state index contributed by atoms with van der Waals surface area (Å²) >= 11 is 1.61. The van der Waals surface area contributed by atoms with E-state index in [1.165, 1.54) is 4.88 Å². The zero-order valence-corrected chi connectivity index (χ0v) is 11.2. The summed E-state index contributed by atoms with van der Waals surface area (Å²) in [7, 11) is 0. The summed E-state index contributed by atoms with van der Waals surface area (Å²) in [6.07, 6.45) is 0.171. The lowest BCUT2D eigenvalue weighted by Crippen LogP contribution is -2.36. The maximum Gasteiger partial charge on any atom is 0.231 e. The summed E-state index contributed by atoms with van der Waals surface area (Å²) in [5.41, 5.74) is 7.80. The van der Waals surface area contributed by atoms with E-state index in [2.05, 4.69) is 10.3 Å². The fourth-order valence-corrected chi connectivity index (χ4v) is 2.13. The second-order valence-corrected chi connectivity index (χ2v) is 4.88. The van der Waals surface area contributed by atoms with Crippen LogP contribution >= 0.6 is 11.3 Å². The minimum Gasteiger partial charge on any atom is -0.389 e. The van der Waals surface area contributed by atoms with Crippen molar-refractivity contribution >= 4 is 17.2 Å². The number of carbonyl (C=O) groups is 1. The van der Waals surface area contributed by atoms with Crippen molar-refractivity contribution in [2.75, 3.05) is 26.3 Å². The van der Waals surface area contributed by atoms with Crippen molar-refractivity contribution in [2.45, 2.75) is 19.4 Å². The van der Waals surface area contributed by atoms with Gasteiger partial charge >= 0.3 is 0 Å². The number of aliphatic hydroxyl groups excluding tert-OH is 1. The molecule has 0 aromatic carbocycles. The number of aromatic nitrogens is 1. The van der Waals surface area contributed by atoms with Crippen LogP contribution in [0.3, 0.4) is 0 Å². The van der Waals surface area contributed by atoms with Crippen LogP contribution < -0.4 is 11.1 Å². The molecule has 1 aromatic heterocycles. The Bertz CT molecular complexity index is 370. The predicted molar refractivity (Wildman–Crippen MR) is 69.4 cm³/mol. The minimum atomic E-state index is -0.632. The molecule has 0 spiro atoms. The van der Waals surface area contributed by atoms with E-state index in [1.54, 1.807) is 11.3 Å². The summed E-state index contributed by atoms with van der Waals surface area (Å²) in [5.74, 6) is -0.441. The number of ether oxygens (including phenoxy) is 1. The van der Waals surface area contributed by atoms with E-state index in [0.29, 0.717) is 13.2 Å². The molecule has 6 nitrogen and oxygen atoms in total. The number of nitrogens with two attached hydrogens (primary N) is 1. The Hall–Kier alpha value is -1.02. The Morgan fingerprint density at radius 1 is 1.72 bits per heavy atom. The normalized spacial score (nSPS) is 12.6. The molecule has 1 rings (SSSR count). The second-order valence-electron chi connectivity index (χ2n) is 3.94. The monoisotopic (exact) mass is 273 g/mol. The Labute approximate surface area is 110 Å². The van der Waals surface area contributed by atoms with Crippen LogP contribution in [0.1, 0.15) is 10.6 Å². The number of hydrogen-bond donors (Lipinski definition) is 3. The first-order chi connectivity index (χ1) is 8.59. The van der Waals surface area contributed by atoms with Gasteiger partial charge in [-0.15, -0.1) is 11.3 Å². The molecule has 1 heterocycles. The smallest absolute Gasteiger partial charge is 0.231 e. The molecular formula is C11H19N3O3S. The highest BCUT2D eigenvalue weighted by Gasteiger charge is 2.05. The topological polar surface area (TPSA) is 97.5 Å². The van der Waals surface area contributed by atoms with Crippen molar-refractivity contribution in [3.8, 4) is 0 Å². The first kappa shape index (κ1) is 15.0. The van der Waals surface area contributed by atoms with Gasteiger partial charge in [-0.2, -0.15) is 0 Å². The summed E-state index contributed by atoms with van der Waals surface area (Å²) in [6, 6.07) is 0. The summed E-state index contributed by atoms with van der Waals surface area (Å²) < 4.78 is 5.35. The van der Waals surface area contributed by atoms with Gasteiger partial charge in [0.15, 0.2) is 0 Å². The molecule has 1 unspecified atom stereocenters. The molecular weight excluding hydrogens is 254 g/mol. The van der Waals surface area contributed by atoms with Crippen LogP contribution in [0.4, 0.5) is 0 Å². The average molecular weight is 273 g/mol. The largest absolute Gasteiger partial charge is 0.389 e. The number of nitrogens with one attached hydrogen (secondary N) is 1. The Kier molecular flexibility index (Phi) is 6.81. The zero-order valence-electron chi connectivity index (χ0n) is 10.4. The van der Waals surface area contributed by atoms with Crippen LogP contribution in [0.2, 0.25) is 0 Å². The third kappa shape index (κ3) is 6.06. The summed E-state index contributed by atoms with van der Waals surface area (Å²) in [5, 5.41) is 12.3. The van der Waals surface area contributed by atoms with Gasteiger partial charge in [0.1, 0.15) is 0 Å². The number of nitrogens with zero attached hydrogens (tertiary/aromatic N) is 1. The first-order valence-electron chi connectivity index (χ1n) is 5.73. The molecule has 1 atom stereocenters. The molecule has 0 bridgehead atoms. The quantitative estimate of drug-likeness (QED) is 0.524. The zero-order chi connectivity index (χ0) is 13.4. The third-order valence-electron chi connectivity index (χ3n) is 2.31. The van der Waals surface area contributed by atoms with Crippen molar-refractivity contribution in [3.05, 3.63) is 16.1 Å². The number of aryl methyl sites for hydroxylation is 1. The van der Waals surface area contributed by atoms with Crippen molar-refractivity contribution in [1.82, 2.24) is 10.3 Å². The van der Waals surface area contributed by atoms with Crippen molar-refractivity contribution in [3.63, 3.8) is 0 Å². The molecule has 4 N–H and O–H groups in total. The first-order valence-corrected chi connectivity index (χ1v) is 6.61. The van der Waals surface area contributed by atoms with E-state index in [0.717, 1.165) is 12.1 Å². The van der Waals surface area contributed by atoms with E-state index in [4.69, 9.17) is 10.5 Å². The Morgan fingerprint density at radius 3 is 3.11 bits per heavy atom. The van der Waals surface area contributed by atoms with Crippen LogP contribution in [0, 0.1) is 6.92 Å². The lowest BCUT2D eigenvalue weighted by molar-refractivity contribution is -0.117. The van der Waals surface area contributed by atoms with Crippen LogP contribution in [0.15, 0.2) is 5.51 Å². The van der Waals surface area contributed by atoms with Gasteiger partial charge in [0.25, 0.3) is 0 Å². The summed E-state index contributed by atoms with van der Waals surface area (Å²) in [4.78, 5) is 15.8. The van der Waals surface area contributed by atoms with Crippen LogP contribution in [0.5, 0.6) is 0 Å². The lowest BCUT2D eigenvalue weighted by Gasteiger charge is -2.11. The minimum absolute atomic E-state index is 0.0666. The Morgan fingerprint density at radius 2 is 2.50 bits per heavy atom. The Balaban J connectivity index is 2.03. The van der Waals surface area contributed by atoms with Crippen LogP contribution in [-0.4, -0.2) is 48.4 Å². The van der Waals surface area contributed by atoms with E-state index in [1.807, 2.05) is 12.4 Å². The summed E-state index contributed by atoms with van der Waals surface area (Å²) in [6.45, 7) is 3.12. The van der Waals surface area contributed by atoms with Gasteiger partial charge in [-0.3, -0.25) is 4.79 Å². The van der Waals surface area contributed by atoms with E-state index < -0.39 is 12.0 Å². The molecule has 1 amide bonds. The molecule has 0 saturated carbocycles. The molecule has 0 aliphatic heterocycles. The average Bonchev–Trinajstić information content (AvgIpc) is 2.70. The number of primary amides is 1. The van der Waals surface area contributed by atoms with Gasteiger partial charge < -0.3 is 20.9 Å². The fraction of sp³-hybridized carbons (Fsp3) is 0.636. The van der Waals surface area contributed by atoms with Gasteiger partial charge in [0.05, 0.1) is 37.1 Å². The number of carbonyl (C=O) groups excluding carboxylic acids is 1. The lowest BCUT2D eigenvalue weighted by atomic mass is 10.3. The number of thiazole rings is 1. The highest BCUT2D eigenvalue weighted by atomic mass is 32.1. The van der Waals surface area contributed by atoms with Gasteiger partial charge in [-0.1, -0.05) is 0 Å². The van der Waals surface area contributed by atoms with Gasteiger partial charge in [-0.05, 0) is 6.92 Å². The maximum atomic E-state index is 10.4. The second kappa shape index (κ2) is 8.15. The predicted octanol–water partition coefficient (Wildman–Crippen LogP) is -0.554. The van der Waals surface area contributed by atoms with Gasteiger partial charge in [-0.25, -0.2) is 4.98 Å². The number of rotatable bonds is 9. The van der Waals surface area contributed by atoms with E-state index in [9.17, 15) is 9.90 Å². The molecule has 0 radical (unpaired) electrons. The molecule has 18 heavy (non-hydrogen) atoms. The van der Waals surface area contributed by atoms with Gasteiger partial charge in [0, 0.05) is 17.8 Å². The van der Waals surface area contributed by atoms with E-state index in [-0.39, 0.29) is 13.2 Å². The molecule has 102 valence electrons. The highest BCUT2D eigenvalue weighted by molar-refractivity contribution is 7.09. The highest BCUT2D eigenvalue weighted by Crippen LogP contribution is 2.12. The molecule has 0 aliphatic rings. The van der Waals surface area contributed by atoms with Crippen molar-refractivity contribution in [1.29, 1.82) is 0 Å². The third-order valence-corrected chi connectivity index (χ3v) is 3.30. The molecule has 7 heteroatoms. The van der Waals surface area contributed by atoms with Crippen LogP contribution in [0.25, 0.3) is 0 Å². The molecule has 0 fully saturated rings. The van der Waals surface area contributed by atoms with Gasteiger partial charge in [0.2, 0.25) is 5.91 Å². The van der Waals surface area contributed by atoms with Crippen molar-refractivity contribution in [2.24, 2.45) is 5.73 Å². The van der Waals surface area contributed by atoms with Crippen molar-refractivity contribution < 1.29 is 14.6 Å². The fourth-order valence-electron chi connectivity index (χ4n) is 1.37. The SMILES string of the molecule is Cc1ncsc1CCOCC(O)CNCC(N)=O. The number of amides is 1. The number of aliphatic hydroxyl groups is 1. The maximum absolute atomic E-state index is 10.4. The number of hydrogen-bond acceptors (Lipinski definition) is 6. The van der Waals surface area contributed by atoms with Crippen LogP contribution in [-0.2, 0) is 16.0 Å². The molecule has 0 aliphatic carbocycles. The van der Waals surface area contributed by atoms with E-state index >= 15 is 0 Å². The molecule has 1 aromatic rings. The molecule has 0 saturated heterocycles.